The average molecular weight is 328 g/mol. The first-order chi connectivity index (χ1) is 11.2. The minimum absolute atomic E-state index is 0.648. The zero-order chi connectivity index (χ0) is 16.2. The van der Waals surface area contributed by atoms with Crippen LogP contribution in [0, 0.1) is 0 Å². The van der Waals surface area contributed by atoms with E-state index >= 15 is 0 Å². The van der Waals surface area contributed by atoms with Crippen molar-refractivity contribution in [3.63, 3.8) is 0 Å². The number of hydrogen-bond donors (Lipinski definition) is 1. The molecule has 0 saturated carbocycles. The molecule has 0 aliphatic rings. The van der Waals surface area contributed by atoms with Crippen LogP contribution in [0.2, 0.25) is 5.02 Å². The van der Waals surface area contributed by atoms with Gasteiger partial charge in [-0.05, 0) is 23.8 Å². The van der Waals surface area contributed by atoms with Crippen molar-refractivity contribution in [2.24, 2.45) is 7.05 Å². The lowest BCUT2D eigenvalue weighted by Crippen LogP contribution is -2.06. The second-order valence-electron chi connectivity index (χ2n) is 5.20. The molecule has 0 atom stereocenters. The number of rotatable bonds is 5. The highest BCUT2D eigenvalue weighted by molar-refractivity contribution is 6.30. The Morgan fingerprint density at radius 2 is 1.87 bits per heavy atom. The Morgan fingerprint density at radius 1 is 1.13 bits per heavy atom. The summed E-state index contributed by atoms with van der Waals surface area (Å²) < 4.78 is 7.40. The predicted octanol–water partition coefficient (Wildman–Crippen LogP) is 4.36. The smallest absolute Gasteiger partial charge is 0.203 e. The van der Waals surface area contributed by atoms with Crippen molar-refractivity contribution < 1.29 is 4.74 Å². The van der Waals surface area contributed by atoms with Gasteiger partial charge in [-0.3, -0.25) is 0 Å². The molecule has 1 N–H and O–H groups in total. The number of aromatic nitrogens is 2. The molecular formula is C18H18ClN3O. The van der Waals surface area contributed by atoms with Crippen LogP contribution in [0.15, 0.2) is 54.7 Å². The third-order valence-corrected chi connectivity index (χ3v) is 4.01. The van der Waals surface area contributed by atoms with E-state index in [-0.39, 0.29) is 0 Å². The summed E-state index contributed by atoms with van der Waals surface area (Å²) in [6.45, 7) is 0.648. The number of anilines is 1. The standard InChI is InChI=1S/C18H18ClN3O/c1-22-16(13-7-9-15(19)10-8-13)12-21-18(22)20-11-14-5-3-4-6-17(14)23-2/h3-10,12H,11H2,1-2H3,(H,20,21). The minimum Gasteiger partial charge on any atom is -0.496 e. The van der Waals surface area contributed by atoms with Gasteiger partial charge in [-0.25, -0.2) is 4.98 Å². The van der Waals surface area contributed by atoms with Gasteiger partial charge in [0.1, 0.15) is 5.75 Å². The lowest BCUT2D eigenvalue weighted by molar-refractivity contribution is 0.410. The number of hydrogen-bond acceptors (Lipinski definition) is 3. The first-order valence-corrected chi connectivity index (χ1v) is 7.70. The Kier molecular flexibility index (Phi) is 4.53. The molecule has 5 heteroatoms. The molecule has 23 heavy (non-hydrogen) atoms. The van der Waals surface area contributed by atoms with E-state index < -0.39 is 0 Å². The summed E-state index contributed by atoms with van der Waals surface area (Å²) in [7, 11) is 3.67. The molecule has 0 spiro atoms. The van der Waals surface area contributed by atoms with E-state index in [1.807, 2.05) is 66.3 Å². The molecule has 0 aliphatic carbocycles. The van der Waals surface area contributed by atoms with Crippen molar-refractivity contribution in [2.75, 3.05) is 12.4 Å². The number of halogens is 1. The van der Waals surface area contributed by atoms with Crippen LogP contribution in [-0.4, -0.2) is 16.7 Å². The molecule has 0 saturated heterocycles. The molecule has 3 aromatic rings. The predicted molar refractivity (Wildman–Crippen MR) is 94.0 cm³/mol. The molecule has 1 heterocycles. The summed E-state index contributed by atoms with van der Waals surface area (Å²) in [5.74, 6) is 1.67. The van der Waals surface area contributed by atoms with Crippen LogP contribution >= 0.6 is 11.6 Å². The highest BCUT2D eigenvalue weighted by atomic mass is 35.5. The SMILES string of the molecule is COc1ccccc1CNc1ncc(-c2ccc(Cl)cc2)n1C. The Bertz CT molecular complexity index is 796. The monoisotopic (exact) mass is 327 g/mol. The highest BCUT2D eigenvalue weighted by Crippen LogP contribution is 2.24. The minimum atomic E-state index is 0.648. The zero-order valence-corrected chi connectivity index (χ0v) is 13.8. The number of nitrogens with zero attached hydrogens (tertiary/aromatic N) is 2. The summed E-state index contributed by atoms with van der Waals surface area (Å²) >= 11 is 5.94. The summed E-state index contributed by atoms with van der Waals surface area (Å²) in [6.07, 6.45) is 1.85. The third-order valence-electron chi connectivity index (χ3n) is 3.76. The molecule has 1 aromatic heterocycles. The molecule has 3 rings (SSSR count). The Hall–Kier alpha value is -2.46. The van der Waals surface area contributed by atoms with E-state index in [0.29, 0.717) is 6.54 Å². The third kappa shape index (κ3) is 3.32. The van der Waals surface area contributed by atoms with Crippen molar-refractivity contribution in [3.8, 4) is 17.0 Å². The largest absolute Gasteiger partial charge is 0.496 e. The normalized spacial score (nSPS) is 10.6. The molecule has 0 fully saturated rings. The van der Waals surface area contributed by atoms with Gasteiger partial charge in [0.05, 0.1) is 19.0 Å². The summed E-state index contributed by atoms with van der Waals surface area (Å²) in [6, 6.07) is 15.7. The van der Waals surface area contributed by atoms with Crippen molar-refractivity contribution in [2.45, 2.75) is 6.54 Å². The average Bonchev–Trinajstić information content (AvgIpc) is 2.95. The number of para-hydroxylation sites is 1. The lowest BCUT2D eigenvalue weighted by Gasteiger charge is -2.11. The van der Waals surface area contributed by atoms with Crippen LogP contribution in [-0.2, 0) is 13.6 Å². The zero-order valence-electron chi connectivity index (χ0n) is 13.1. The maximum atomic E-state index is 5.94. The molecule has 0 bridgehead atoms. The summed E-state index contributed by atoms with van der Waals surface area (Å²) in [5.41, 5.74) is 3.20. The maximum Gasteiger partial charge on any atom is 0.203 e. The van der Waals surface area contributed by atoms with E-state index in [1.165, 1.54) is 0 Å². The van der Waals surface area contributed by atoms with Crippen LogP contribution in [0.5, 0.6) is 5.75 Å². The van der Waals surface area contributed by atoms with Gasteiger partial charge in [0.15, 0.2) is 0 Å². The second-order valence-corrected chi connectivity index (χ2v) is 5.63. The molecule has 4 nitrogen and oxygen atoms in total. The quantitative estimate of drug-likeness (QED) is 0.756. The van der Waals surface area contributed by atoms with Gasteiger partial charge < -0.3 is 14.6 Å². The van der Waals surface area contributed by atoms with E-state index in [9.17, 15) is 0 Å². The first-order valence-electron chi connectivity index (χ1n) is 7.32. The highest BCUT2D eigenvalue weighted by Gasteiger charge is 2.09. The fourth-order valence-corrected chi connectivity index (χ4v) is 2.61. The molecule has 0 amide bonds. The molecule has 0 aliphatic heterocycles. The van der Waals surface area contributed by atoms with Crippen LogP contribution in [0.4, 0.5) is 5.95 Å². The number of imidazole rings is 1. The van der Waals surface area contributed by atoms with Crippen LogP contribution in [0.25, 0.3) is 11.3 Å². The Labute approximate surface area is 140 Å². The summed E-state index contributed by atoms with van der Waals surface area (Å²) in [4.78, 5) is 4.46. The van der Waals surface area contributed by atoms with E-state index in [1.54, 1.807) is 7.11 Å². The first kappa shape index (κ1) is 15.4. The van der Waals surface area contributed by atoms with Crippen molar-refractivity contribution in [1.29, 1.82) is 0 Å². The van der Waals surface area contributed by atoms with Crippen molar-refractivity contribution in [1.82, 2.24) is 9.55 Å². The second kappa shape index (κ2) is 6.75. The molecule has 2 aromatic carbocycles. The van der Waals surface area contributed by atoms with Crippen LogP contribution in [0.1, 0.15) is 5.56 Å². The van der Waals surface area contributed by atoms with E-state index in [2.05, 4.69) is 10.3 Å². The molecule has 0 unspecified atom stereocenters. The summed E-state index contributed by atoms with van der Waals surface area (Å²) in [5, 5.41) is 4.08. The van der Waals surface area contributed by atoms with Gasteiger partial charge in [0.2, 0.25) is 5.95 Å². The van der Waals surface area contributed by atoms with Crippen molar-refractivity contribution >= 4 is 17.5 Å². The van der Waals surface area contributed by atoms with E-state index in [4.69, 9.17) is 16.3 Å². The number of ether oxygens (including phenoxy) is 1. The van der Waals surface area contributed by atoms with E-state index in [0.717, 1.165) is 33.5 Å². The molecule has 0 radical (unpaired) electrons. The van der Waals surface area contributed by atoms with Gasteiger partial charge in [-0.15, -0.1) is 0 Å². The van der Waals surface area contributed by atoms with Gasteiger partial charge >= 0.3 is 0 Å². The van der Waals surface area contributed by atoms with Gasteiger partial charge in [-0.2, -0.15) is 0 Å². The fraction of sp³-hybridized carbons (Fsp3) is 0.167. The van der Waals surface area contributed by atoms with Crippen LogP contribution < -0.4 is 10.1 Å². The Balaban J connectivity index is 1.78. The van der Waals surface area contributed by atoms with Crippen molar-refractivity contribution in [3.05, 3.63) is 65.3 Å². The number of benzene rings is 2. The lowest BCUT2D eigenvalue weighted by atomic mass is 10.2. The van der Waals surface area contributed by atoms with Crippen LogP contribution in [0.3, 0.4) is 0 Å². The Morgan fingerprint density at radius 3 is 2.61 bits per heavy atom. The number of methoxy groups -OCH3 is 1. The number of nitrogens with one attached hydrogen (secondary N) is 1. The topological polar surface area (TPSA) is 39.1 Å². The maximum absolute atomic E-state index is 5.94. The molecule has 118 valence electrons. The van der Waals surface area contributed by atoms with Gasteiger partial charge in [-0.1, -0.05) is 41.9 Å². The molecular weight excluding hydrogens is 310 g/mol. The van der Waals surface area contributed by atoms with Gasteiger partial charge in [0, 0.05) is 24.2 Å². The van der Waals surface area contributed by atoms with Gasteiger partial charge in [0.25, 0.3) is 0 Å². The fourth-order valence-electron chi connectivity index (χ4n) is 2.49.